The van der Waals surface area contributed by atoms with Crippen LogP contribution in [0.3, 0.4) is 0 Å². The SMILES string of the molecule is Cc1ccc(S(=O)(=O)c2ccc(C[C@@H](C)N(C[C@@H](O)c3cccc(Cl)c3)C(=O)O)cc2)c(C=O)c1. The summed E-state index contributed by atoms with van der Waals surface area (Å²) < 4.78 is 26.1. The fraction of sp³-hybridized carbons (Fsp3) is 0.231. The van der Waals surface area contributed by atoms with E-state index in [1.54, 1.807) is 56.3 Å². The van der Waals surface area contributed by atoms with E-state index in [-0.39, 0.29) is 21.9 Å². The molecule has 0 radical (unpaired) electrons. The van der Waals surface area contributed by atoms with Crippen molar-refractivity contribution < 1.29 is 28.2 Å². The maximum absolute atomic E-state index is 13.1. The highest BCUT2D eigenvalue weighted by Gasteiger charge is 2.25. The van der Waals surface area contributed by atoms with Crippen LogP contribution < -0.4 is 0 Å². The van der Waals surface area contributed by atoms with Gasteiger partial charge in [0, 0.05) is 16.6 Å². The predicted molar refractivity (Wildman–Crippen MR) is 133 cm³/mol. The number of nitrogens with zero attached hydrogens (tertiary/aromatic N) is 1. The van der Waals surface area contributed by atoms with Gasteiger partial charge in [0.05, 0.1) is 22.4 Å². The van der Waals surface area contributed by atoms with Crippen molar-refractivity contribution in [2.45, 2.75) is 42.2 Å². The van der Waals surface area contributed by atoms with E-state index in [1.807, 2.05) is 0 Å². The van der Waals surface area contributed by atoms with Crippen molar-refractivity contribution in [1.82, 2.24) is 4.90 Å². The molecule has 0 fully saturated rings. The van der Waals surface area contributed by atoms with Gasteiger partial charge in [-0.25, -0.2) is 13.2 Å². The molecule has 0 aliphatic rings. The van der Waals surface area contributed by atoms with Crippen LogP contribution >= 0.6 is 11.6 Å². The second-order valence-electron chi connectivity index (χ2n) is 8.37. The summed E-state index contributed by atoms with van der Waals surface area (Å²) in [4.78, 5) is 24.4. The lowest BCUT2D eigenvalue weighted by Gasteiger charge is -2.29. The minimum atomic E-state index is -3.90. The first-order chi connectivity index (χ1) is 16.5. The molecule has 0 aliphatic heterocycles. The first kappa shape index (κ1) is 26.4. The average molecular weight is 516 g/mol. The fourth-order valence-corrected chi connectivity index (χ4v) is 5.45. The maximum Gasteiger partial charge on any atom is 0.407 e. The Morgan fingerprint density at radius 3 is 2.37 bits per heavy atom. The van der Waals surface area contributed by atoms with E-state index in [0.29, 0.717) is 23.3 Å². The number of hydrogen-bond donors (Lipinski definition) is 2. The van der Waals surface area contributed by atoms with E-state index in [1.165, 1.54) is 24.3 Å². The summed E-state index contributed by atoms with van der Waals surface area (Å²) in [6.07, 6.45) is -1.41. The number of benzene rings is 3. The zero-order valence-corrected chi connectivity index (χ0v) is 20.8. The molecule has 0 unspecified atom stereocenters. The minimum Gasteiger partial charge on any atom is -0.465 e. The Balaban J connectivity index is 1.76. The number of aldehydes is 1. The van der Waals surface area contributed by atoms with Gasteiger partial charge in [-0.15, -0.1) is 0 Å². The number of aliphatic hydroxyl groups excluding tert-OH is 1. The van der Waals surface area contributed by atoms with E-state index in [4.69, 9.17) is 11.6 Å². The first-order valence-corrected chi connectivity index (χ1v) is 12.7. The molecule has 0 spiro atoms. The zero-order chi connectivity index (χ0) is 25.8. The third-order valence-corrected chi connectivity index (χ3v) is 7.81. The van der Waals surface area contributed by atoms with Crippen LogP contribution in [-0.4, -0.2) is 48.5 Å². The summed E-state index contributed by atoms with van der Waals surface area (Å²) in [5.41, 5.74) is 2.10. The second kappa shape index (κ2) is 11.0. The average Bonchev–Trinajstić information content (AvgIpc) is 2.82. The van der Waals surface area contributed by atoms with Gasteiger partial charge in [0.25, 0.3) is 0 Å². The van der Waals surface area contributed by atoms with E-state index < -0.39 is 28.1 Å². The van der Waals surface area contributed by atoms with Gasteiger partial charge in [-0.2, -0.15) is 0 Å². The van der Waals surface area contributed by atoms with Crippen LogP contribution in [0.15, 0.2) is 76.5 Å². The number of aliphatic hydroxyl groups is 1. The van der Waals surface area contributed by atoms with Crippen LogP contribution in [0.2, 0.25) is 5.02 Å². The highest BCUT2D eigenvalue weighted by Crippen LogP contribution is 2.25. The van der Waals surface area contributed by atoms with Crippen molar-refractivity contribution >= 4 is 33.8 Å². The Morgan fingerprint density at radius 1 is 1.09 bits per heavy atom. The van der Waals surface area contributed by atoms with Crippen LogP contribution in [0.25, 0.3) is 0 Å². The summed E-state index contributed by atoms with van der Waals surface area (Å²) in [6, 6.07) is 16.8. The molecule has 1 amide bonds. The molecule has 3 aromatic rings. The van der Waals surface area contributed by atoms with Crippen molar-refractivity contribution in [2.24, 2.45) is 0 Å². The first-order valence-electron chi connectivity index (χ1n) is 10.9. The molecule has 3 rings (SSSR count). The number of halogens is 1. The molecule has 0 saturated carbocycles. The molecule has 35 heavy (non-hydrogen) atoms. The van der Waals surface area contributed by atoms with Gasteiger partial charge in [0.15, 0.2) is 6.29 Å². The Labute approximate surface area is 209 Å². The van der Waals surface area contributed by atoms with E-state index in [0.717, 1.165) is 16.0 Å². The molecule has 0 aromatic heterocycles. The molecule has 0 heterocycles. The number of amides is 1. The lowest BCUT2D eigenvalue weighted by Crippen LogP contribution is -2.41. The predicted octanol–water partition coefficient (Wildman–Crippen LogP) is 4.94. The Bertz CT molecular complexity index is 1320. The molecule has 7 nitrogen and oxygen atoms in total. The van der Waals surface area contributed by atoms with Crippen LogP contribution in [0.4, 0.5) is 4.79 Å². The number of carboxylic acid groups (broad SMARTS) is 1. The second-order valence-corrected chi connectivity index (χ2v) is 10.7. The number of sulfone groups is 1. The molecule has 3 aromatic carbocycles. The number of hydrogen-bond acceptors (Lipinski definition) is 5. The van der Waals surface area contributed by atoms with Crippen molar-refractivity contribution in [2.75, 3.05) is 6.54 Å². The topological polar surface area (TPSA) is 112 Å². The normalized spacial score (nSPS) is 13.1. The van der Waals surface area contributed by atoms with Crippen molar-refractivity contribution in [1.29, 1.82) is 0 Å². The van der Waals surface area contributed by atoms with Gasteiger partial charge in [-0.3, -0.25) is 4.79 Å². The van der Waals surface area contributed by atoms with Gasteiger partial charge in [0.1, 0.15) is 0 Å². The standard InChI is InChI=1S/C26H26ClNO6S/c1-17-6-11-25(21(12-17)16-29)35(33,34)23-9-7-19(8-10-23)13-18(2)28(26(31)32)15-24(30)20-4-3-5-22(27)14-20/h3-12,14,16,18,24,30H,13,15H2,1-2H3,(H,31,32)/t18-,24-/m1/s1. The smallest absolute Gasteiger partial charge is 0.407 e. The van der Waals surface area contributed by atoms with Crippen LogP contribution in [0.5, 0.6) is 0 Å². The molecule has 184 valence electrons. The number of rotatable bonds is 9. The van der Waals surface area contributed by atoms with Crippen LogP contribution in [-0.2, 0) is 16.3 Å². The maximum atomic E-state index is 13.1. The van der Waals surface area contributed by atoms with E-state index in [9.17, 15) is 28.2 Å². The molecule has 9 heteroatoms. The third-order valence-electron chi connectivity index (χ3n) is 5.73. The Kier molecular flexibility index (Phi) is 8.32. The summed E-state index contributed by atoms with van der Waals surface area (Å²) >= 11 is 5.96. The summed E-state index contributed by atoms with van der Waals surface area (Å²) in [5.74, 6) is 0. The molecule has 2 N–H and O–H groups in total. The van der Waals surface area contributed by atoms with Crippen molar-refractivity contribution in [3.63, 3.8) is 0 Å². The number of carbonyl (C=O) groups excluding carboxylic acids is 1. The monoisotopic (exact) mass is 515 g/mol. The molecule has 0 bridgehead atoms. The molecule has 2 atom stereocenters. The zero-order valence-electron chi connectivity index (χ0n) is 19.3. The highest BCUT2D eigenvalue weighted by molar-refractivity contribution is 7.91. The summed E-state index contributed by atoms with van der Waals surface area (Å²) in [5, 5.41) is 20.7. The van der Waals surface area contributed by atoms with E-state index >= 15 is 0 Å². The highest BCUT2D eigenvalue weighted by atomic mass is 35.5. The van der Waals surface area contributed by atoms with Gasteiger partial charge in [-0.1, -0.05) is 47.5 Å². The van der Waals surface area contributed by atoms with Gasteiger partial charge >= 0.3 is 6.09 Å². The van der Waals surface area contributed by atoms with E-state index in [2.05, 4.69) is 0 Å². The Morgan fingerprint density at radius 2 is 1.77 bits per heavy atom. The summed E-state index contributed by atoms with van der Waals surface area (Å²) in [6.45, 7) is 3.34. The fourth-order valence-electron chi connectivity index (χ4n) is 3.84. The van der Waals surface area contributed by atoms with Crippen LogP contribution in [0.1, 0.15) is 40.1 Å². The molecule has 0 aliphatic carbocycles. The van der Waals surface area contributed by atoms with Crippen molar-refractivity contribution in [3.8, 4) is 0 Å². The molecular weight excluding hydrogens is 490 g/mol. The van der Waals surface area contributed by atoms with Crippen LogP contribution in [0, 0.1) is 6.92 Å². The minimum absolute atomic E-state index is 0.0346. The van der Waals surface area contributed by atoms with Gasteiger partial charge in [0.2, 0.25) is 9.84 Å². The number of aryl methyl sites for hydroxylation is 1. The Hall–Kier alpha value is -3.20. The summed E-state index contributed by atoms with van der Waals surface area (Å²) in [7, 11) is -3.90. The van der Waals surface area contributed by atoms with Crippen molar-refractivity contribution in [3.05, 3.63) is 94.0 Å². The number of carbonyl (C=O) groups is 2. The molecular formula is C26H26ClNO6S. The van der Waals surface area contributed by atoms with Gasteiger partial charge in [-0.05, 0) is 67.8 Å². The quantitative estimate of drug-likeness (QED) is 0.390. The lowest BCUT2D eigenvalue weighted by molar-refractivity contribution is 0.0799. The van der Waals surface area contributed by atoms with Gasteiger partial charge < -0.3 is 15.1 Å². The third kappa shape index (κ3) is 6.28. The molecule has 0 saturated heterocycles. The largest absolute Gasteiger partial charge is 0.465 e. The lowest BCUT2D eigenvalue weighted by atomic mass is 10.0.